The molecule has 60 valence electrons. The summed E-state index contributed by atoms with van der Waals surface area (Å²) >= 11 is 0. The Morgan fingerprint density at radius 1 is 1.64 bits per heavy atom. The Morgan fingerprint density at radius 3 is 3.09 bits per heavy atom. The number of hydrogen-bond acceptors (Lipinski definition) is 2. The molecular formula is C8H13N3. The van der Waals surface area contributed by atoms with Gasteiger partial charge in [-0.05, 0) is 19.9 Å². The van der Waals surface area contributed by atoms with E-state index in [0.717, 1.165) is 6.54 Å². The van der Waals surface area contributed by atoms with Crippen LogP contribution in [0.25, 0.3) is 0 Å². The number of imidazole rings is 1. The average molecular weight is 151 g/mol. The van der Waals surface area contributed by atoms with E-state index in [1.165, 1.54) is 12.1 Å². The van der Waals surface area contributed by atoms with Crippen molar-refractivity contribution in [1.82, 2.24) is 15.3 Å². The van der Waals surface area contributed by atoms with E-state index in [9.17, 15) is 0 Å². The number of aromatic nitrogens is 2. The zero-order valence-corrected chi connectivity index (χ0v) is 6.67. The van der Waals surface area contributed by atoms with Crippen LogP contribution in [0.2, 0.25) is 0 Å². The van der Waals surface area contributed by atoms with Crippen molar-refractivity contribution in [3.63, 3.8) is 0 Å². The van der Waals surface area contributed by atoms with E-state index < -0.39 is 0 Å². The molecule has 0 aliphatic carbocycles. The second-order valence-electron chi connectivity index (χ2n) is 3.14. The first-order valence-corrected chi connectivity index (χ1v) is 4.09. The number of nitrogens with one attached hydrogen (secondary N) is 2. The van der Waals surface area contributed by atoms with Crippen molar-refractivity contribution in [2.24, 2.45) is 0 Å². The van der Waals surface area contributed by atoms with Gasteiger partial charge in [0.15, 0.2) is 0 Å². The van der Waals surface area contributed by atoms with Crippen LogP contribution in [0.5, 0.6) is 0 Å². The fourth-order valence-electron chi connectivity index (χ4n) is 1.75. The highest BCUT2D eigenvalue weighted by Crippen LogP contribution is 2.24. The molecule has 1 unspecified atom stereocenters. The summed E-state index contributed by atoms with van der Waals surface area (Å²) in [6.07, 6.45) is 4.90. The smallest absolute Gasteiger partial charge is 0.0921 e. The van der Waals surface area contributed by atoms with Crippen molar-refractivity contribution >= 4 is 0 Å². The van der Waals surface area contributed by atoms with Crippen LogP contribution in [-0.4, -0.2) is 22.6 Å². The summed E-state index contributed by atoms with van der Waals surface area (Å²) in [6.45, 7) is 3.35. The highest BCUT2D eigenvalue weighted by atomic mass is 15.0. The van der Waals surface area contributed by atoms with Crippen LogP contribution in [0.3, 0.4) is 0 Å². The molecule has 0 saturated carbocycles. The average Bonchev–Trinajstić information content (AvgIpc) is 2.55. The molecule has 1 aliphatic heterocycles. The van der Waals surface area contributed by atoms with Gasteiger partial charge in [-0.3, -0.25) is 0 Å². The largest absolute Gasteiger partial charge is 0.348 e. The van der Waals surface area contributed by atoms with Gasteiger partial charge < -0.3 is 10.3 Å². The predicted molar refractivity (Wildman–Crippen MR) is 43.4 cm³/mol. The van der Waals surface area contributed by atoms with Crippen LogP contribution < -0.4 is 5.32 Å². The Morgan fingerprint density at radius 2 is 2.55 bits per heavy atom. The second-order valence-corrected chi connectivity index (χ2v) is 3.14. The van der Waals surface area contributed by atoms with Crippen molar-refractivity contribution in [2.45, 2.75) is 25.3 Å². The third-order valence-electron chi connectivity index (χ3n) is 2.44. The van der Waals surface area contributed by atoms with E-state index in [1.807, 2.05) is 6.20 Å². The van der Waals surface area contributed by atoms with E-state index in [2.05, 4.69) is 22.2 Å². The molecule has 3 heteroatoms. The summed E-state index contributed by atoms with van der Waals surface area (Å²) in [5, 5.41) is 3.41. The molecule has 0 radical (unpaired) electrons. The summed E-state index contributed by atoms with van der Waals surface area (Å²) in [4.78, 5) is 7.18. The van der Waals surface area contributed by atoms with Crippen molar-refractivity contribution < 1.29 is 0 Å². The minimum absolute atomic E-state index is 0.593. The van der Waals surface area contributed by atoms with E-state index in [1.54, 1.807) is 6.33 Å². The monoisotopic (exact) mass is 151 g/mol. The van der Waals surface area contributed by atoms with E-state index >= 15 is 0 Å². The van der Waals surface area contributed by atoms with Crippen molar-refractivity contribution in [2.75, 3.05) is 6.54 Å². The number of aromatic amines is 1. The van der Waals surface area contributed by atoms with E-state index in [-0.39, 0.29) is 0 Å². The fourth-order valence-corrected chi connectivity index (χ4v) is 1.75. The zero-order chi connectivity index (χ0) is 7.68. The first kappa shape index (κ1) is 6.85. The molecule has 11 heavy (non-hydrogen) atoms. The molecule has 1 fully saturated rings. The summed E-state index contributed by atoms with van der Waals surface area (Å²) in [5.74, 6) is 0.637. The Labute approximate surface area is 66.2 Å². The van der Waals surface area contributed by atoms with Crippen molar-refractivity contribution in [3.05, 3.63) is 18.2 Å². The van der Waals surface area contributed by atoms with Gasteiger partial charge in [0, 0.05) is 23.9 Å². The summed E-state index contributed by atoms with van der Waals surface area (Å²) in [7, 11) is 0. The van der Waals surface area contributed by atoms with Gasteiger partial charge in [-0.25, -0.2) is 4.98 Å². The lowest BCUT2D eigenvalue weighted by Crippen LogP contribution is -2.21. The lowest BCUT2D eigenvalue weighted by atomic mass is 9.99. The van der Waals surface area contributed by atoms with Crippen LogP contribution in [0.4, 0.5) is 0 Å². The minimum Gasteiger partial charge on any atom is -0.348 e. The highest BCUT2D eigenvalue weighted by molar-refractivity contribution is 5.09. The molecule has 0 bridgehead atoms. The maximum atomic E-state index is 4.02. The number of hydrogen-bond donors (Lipinski definition) is 2. The van der Waals surface area contributed by atoms with Gasteiger partial charge in [0.05, 0.1) is 6.33 Å². The molecular weight excluding hydrogens is 138 g/mol. The molecule has 0 spiro atoms. The SMILES string of the molecule is C[C@H]1NCCC1c1cnc[nH]1. The predicted octanol–water partition coefficient (Wildman–Crippen LogP) is 0.875. The molecule has 2 atom stereocenters. The molecule has 1 aliphatic rings. The van der Waals surface area contributed by atoms with Crippen LogP contribution in [0.1, 0.15) is 25.0 Å². The van der Waals surface area contributed by atoms with E-state index in [0.29, 0.717) is 12.0 Å². The number of H-pyrrole nitrogens is 1. The van der Waals surface area contributed by atoms with Crippen molar-refractivity contribution in [1.29, 1.82) is 0 Å². The molecule has 1 aromatic heterocycles. The Hall–Kier alpha value is -0.830. The van der Waals surface area contributed by atoms with Gasteiger partial charge in [0.2, 0.25) is 0 Å². The van der Waals surface area contributed by atoms with Gasteiger partial charge in [-0.2, -0.15) is 0 Å². The Balaban J connectivity index is 2.16. The molecule has 1 saturated heterocycles. The fraction of sp³-hybridized carbons (Fsp3) is 0.625. The molecule has 0 amide bonds. The molecule has 1 aromatic rings. The maximum Gasteiger partial charge on any atom is 0.0921 e. The summed E-state index contributed by atoms with van der Waals surface area (Å²) in [6, 6.07) is 0.593. The molecule has 2 rings (SSSR count). The number of nitrogens with zero attached hydrogens (tertiary/aromatic N) is 1. The molecule has 2 N–H and O–H groups in total. The van der Waals surface area contributed by atoms with E-state index in [4.69, 9.17) is 0 Å². The quantitative estimate of drug-likeness (QED) is 0.625. The number of rotatable bonds is 1. The third-order valence-corrected chi connectivity index (χ3v) is 2.44. The Bertz CT molecular complexity index is 217. The Kier molecular flexibility index (Phi) is 1.66. The maximum absolute atomic E-state index is 4.02. The van der Waals surface area contributed by atoms with Gasteiger partial charge in [0.25, 0.3) is 0 Å². The first-order chi connectivity index (χ1) is 5.38. The van der Waals surface area contributed by atoms with Crippen LogP contribution >= 0.6 is 0 Å². The minimum atomic E-state index is 0.593. The van der Waals surface area contributed by atoms with Crippen molar-refractivity contribution in [3.8, 4) is 0 Å². The topological polar surface area (TPSA) is 40.7 Å². The second kappa shape index (κ2) is 2.66. The lowest BCUT2D eigenvalue weighted by Gasteiger charge is -2.11. The van der Waals surface area contributed by atoms with Gasteiger partial charge in [0.1, 0.15) is 0 Å². The van der Waals surface area contributed by atoms with Crippen LogP contribution in [0, 0.1) is 0 Å². The van der Waals surface area contributed by atoms with Gasteiger partial charge >= 0.3 is 0 Å². The van der Waals surface area contributed by atoms with Gasteiger partial charge in [-0.1, -0.05) is 0 Å². The molecule has 3 nitrogen and oxygen atoms in total. The molecule has 2 heterocycles. The van der Waals surface area contributed by atoms with Crippen LogP contribution in [-0.2, 0) is 0 Å². The third kappa shape index (κ3) is 1.16. The summed E-state index contributed by atoms with van der Waals surface area (Å²) < 4.78 is 0. The summed E-state index contributed by atoms with van der Waals surface area (Å²) in [5.41, 5.74) is 1.27. The lowest BCUT2D eigenvalue weighted by molar-refractivity contribution is 0.584. The zero-order valence-electron chi connectivity index (χ0n) is 6.67. The molecule has 0 aromatic carbocycles. The highest BCUT2D eigenvalue weighted by Gasteiger charge is 2.24. The van der Waals surface area contributed by atoms with Crippen LogP contribution in [0.15, 0.2) is 12.5 Å². The van der Waals surface area contributed by atoms with Gasteiger partial charge in [-0.15, -0.1) is 0 Å². The standard InChI is InChI=1S/C8H13N3/c1-6-7(2-3-10-6)8-4-9-5-11-8/h4-7,10H,2-3H2,1H3,(H,9,11)/t6-,7?/m1/s1. The first-order valence-electron chi connectivity index (χ1n) is 4.09. The normalized spacial score (nSPS) is 31.0.